The van der Waals surface area contributed by atoms with Gasteiger partial charge in [0, 0.05) is 45.0 Å². The molecule has 1 aromatic carbocycles. The van der Waals surface area contributed by atoms with E-state index in [0.29, 0.717) is 42.7 Å². The molecule has 3 rings (SSSR count). The highest BCUT2D eigenvalue weighted by Crippen LogP contribution is 2.41. The fourth-order valence-electron chi connectivity index (χ4n) is 4.09. The molecule has 1 amide bonds. The van der Waals surface area contributed by atoms with E-state index in [1.54, 1.807) is 14.2 Å². The average molecular weight is 402 g/mol. The molecule has 0 saturated carbocycles. The third-order valence-electron chi connectivity index (χ3n) is 5.87. The minimum Gasteiger partial charge on any atom is -0.493 e. The number of methoxy groups -OCH3 is 2. The number of hydrogen-bond donors (Lipinski definition) is 0. The van der Waals surface area contributed by atoms with Crippen LogP contribution in [-0.4, -0.2) is 79.9 Å². The smallest absolute Gasteiger partial charge is 0.256 e. The predicted molar refractivity (Wildman–Crippen MR) is 112 cm³/mol. The number of ether oxygens (including phenoxy) is 2. The third kappa shape index (κ3) is 3.96. The minimum atomic E-state index is -0.454. The molecule has 2 aliphatic rings. The number of piperazine rings is 1. The second-order valence-corrected chi connectivity index (χ2v) is 7.67. The summed E-state index contributed by atoms with van der Waals surface area (Å²) in [6, 6.07) is 3.64. The lowest BCUT2D eigenvalue weighted by Gasteiger charge is -2.39. The number of amides is 1. The summed E-state index contributed by atoms with van der Waals surface area (Å²) in [6.07, 6.45) is 2.73. The summed E-state index contributed by atoms with van der Waals surface area (Å²) in [6.45, 7) is 10.1. The Kier molecular flexibility index (Phi) is 6.47. The quantitative estimate of drug-likeness (QED) is 0.681. The number of benzene rings is 1. The molecule has 1 saturated heterocycles. The van der Waals surface area contributed by atoms with Crippen LogP contribution in [0.2, 0.25) is 0 Å². The maximum Gasteiger partial charge on any atom is 0.256 e. The maximum absolute atomic E-state index is 13.5. The van der Waals surface area contributed by atoms with E-state index >= 15 is 0 Å². The van der Waals surface area contributed by atoms with Crippen molar-refractivity contribution >= 4 is 17.8 Å². The molecule has 0 aromatic heterocycles. The summed E-state index contributed by atoms with van der Waals surface area (Å²) in [4.78, 5) is 31.5. The molecule has 0 radical (unpaired) electrons. The fourth-order valence-corrected chi connectivity index (χ4v) is 4.09. The van der Waals surface area contributed by atoms with Crippen LogP contribution in [0.1, 0.15) is 37.9 Å². The van der Waals surface area contributed by atoms with E-state index < -0.39 is 6.04 Å². The Balaban J connectivity index is 1.99. The van der Waals surface area contributed by atoms with Gasteiger partial charge < -0.3 is 24.1 Å². The number of hydrogen-bond acceptors (Lipinski definition) is 6. The van der Waals surface area contributed by atoms with Crippen LogP contribution in [0.15, 0.2) is 18.3 Å². The zero-order valence-electron chi connectivity index (χ0n) is 18.0. The van der Waals surface area contributed by atoms with Gasteiger partial charge in [-0.2, -0.15) is 0 Å². The van der Waals surface area contributed by atoms with Gasteiger partial charge in [-0.05, 0) is 44.0 Å². The van der Waals surface area contributed by atoms with E-state index in [4.69, 9.17) is 9.47 Å². The average Bonchev–Trinajstić information content (AvgIpc) is 2.76. The van der Waals surface area contributed by atoms with Gasteiger partial charge >= 0.3 is 0 Å². The first-order valence-electron chi connectivity index (χ1n) is 10.2. The molecule has 0 spiro atoms. The largest absolute Gasteiger partial charge is 0.493 e. The molecule has 0 aliphatic carbocycles. The van der Waals surface area contributed by atoms with Crippen molar-refractivity contribution in [3.05, 3.63) is 29.5 Å². The predicted octanol–water partition coefficient (Wildman–Crippen LogP) is 2.17. The number of rotatable bonds is 6. The van der Waals surface area contributed by atoms with Crippen molar-refractivity contribution in [1.82, 2.24) is 14.7 Å². The Labute approximate surface area is 172 Å². The SMILES string of the molecule is CCN1C=C(C(=O)N2CCN(C(C)C)CC2)c2cc(OC)c(OC)cc2C1C=O. The monoisotopic (exact) mass is 401 g/mol. The zero-order valence-corrected chi connectivity index (χ0v) is 18.0. The van der Waals surface area contributed by atoms with E-state index in [9.17, 15) is 9.59 Å². The summed E-state index contributed by atoms with van der Waals surface area (Å²) in [5.41, 5.74) is 2.10. The normalized spacial score (nSPS) is 19.7. The Bertz CT molecular complexity index is 797. The Morgan fingerprint density at radius 1 is 1.14 bits per heavy atom. The van der Waals surface area contributed by atoms with Crippen LogP contribution in [0.3, 0.4) is 0 Å². The van der Waals surface area contributed by atoms with Gasteiger partial charge in [0.1, 0.15) is 12.3 Å². The molecule has 2 aliphatic heterocycles. The number of fused-ring (bicyclic) bond motifs is 1. The van der Waals surface area contributed by atoms with Gasteiger partial charge in [-0.15, -0.1) is 0 Å². The lowest BCUT2D eigenvalue weighted by Crippen LogP contribution is -2.51. The van der Waals surface area contributed by atoms with Gasteiger partial charge in [-0.25, -0.2) is 0 Å². The van der Waals surface area contributed by atoms with Crippen molar-refractivity contribution in [3.8, 4) is 11.5 Å². The lowest BCUT2D eigenvalue weighted by atomic mass is 9.90. The van der Waals surface area contributed by atoms with Gasteiger partial charge in [0.05, 0.1) is 19.8 Å². The molecule has 7 heteroatoms. The molecule has 1 aromatic rings. The highest BCUT2D eigenvalue weighted by Gasteiger charge is 2.33. The van der Waals surface area contributed by atoms with Crippen molar-refractivity contribution < 1.29 is 19.1 Å². The van der Waals surface area contributed by atoms with Crippen LogP contribution in [0.5, 0.6) is 11.5 Å². The van der Waals surface area contributed by atoms with Gasteiger partial charge in [-0.1, -0.05) is 0 Å². The Morgan fingerprint density at radius 2 is 1.76 bits per heavy atom. The van der Waals surface area contributed by atoms with E-state index in [2.05, 4.69) is 18.7 Å². The van der Waals surface area contributed by atoms with Gasteiger partial charge in [-0.3, -0.25) is 9.69 Å². The number of aldehydes is 1. The first-order chi connectivity index (χ1) is 13.9. The van der Waals surface area contributed by atoms with Crippen molar-refractivity contribution in [2.45, 2.75) is 32.9 Å². The van der Waals surface area contributed by atoms with E-state index in [1.165, 1.54) is 0 Å². The summed E-state index contributed by atoms with van der Waals surface area (Å²) in [5.74, 6) is 1.09. The summed E-state index contributed by atoms with van der Waals surface area (Å²) >= 11 is 0. The molecule has 0 bridgehead atoms. The molecule has 1 atom stereocenters. The van der Waals surface area contributed by atoms with Crippen molar-refractivity contribution in [2.75, 3.05) is 46.9 Å². The van der Waals surface area contributed by atoms with Gasteiger partial charge in [0.15, 0.2) is 11.5 Å². The van der Waals surface area contributed by atoms with Gasteiger partial charge in [0.25, 0.3) is 5.91 Å². The molecule has 7 nitrogen and oxygen atoms in total. The third-order valence-corrected chi connectivity index (χ3v) is 5.87. The van der Waals surface area contributed by atoms with Crippen molar-refractivity contribution in [2.24, 2.45) is 0 Å². The Morgan fingerprint density at radius 3 is 2.28 bits per heavy atom. The zero-order chi connectivity index (χ0) is 21.1. The summed E-state index contributed by atoms with van der Waals surface area (Å²) in [5, 5.41) is 0. The number of carbonyl (C=O) groups is 2. The molecule has 1 fully saturated rings. The van der Waals surface area contributed by atoms with Crippen LogP contribution >= 0.6 is 0 Å². The molecular formula is C22H31N3O4. The van der Waals surface area contributed by atoms with Gasteiger partial charge in [0.2, 0.25) is 0 Å². The van der Waals surface area contributed by atoms with Crippen molar-refractivity contribution in [1.29, 1.82) is 0 Å². The fraction of sp³-hybridized carbons (Fsp3) is 0.545. The van der Waals surface area contributed by atoms with Crippen LogP contribution in [-0.2, 0) is 9.59 Å². The summed E-state index contributed by atoms with van der Waals surface area (Å²) < 4.78 is 10.9. The molecule has 29 heavy (non-hydrogen) atoms. The molecule has 158 valence electrons. The maximum atomic E-state index is 13.5. The van der Waals surface area contributed by atoms with Crippen LogP contribution in [0.25, 0.3) is 5.57 Å². The minimum absolute atomic E-state index is 0.00956. The van der Waals surface area contributed by atoms with Crippen LogP contribution in [0.4, 0.5) is 0 Å². The first-order valence-corrected chi connectivity index (χ1v) is 10.2. The second kappa shape index (κ2) is 8.86. The van der Waals surface area contributed by atoms with E-state index in [-0.39, 0.29) is 5.91 Å². The Hall–Kier alpha value is -2.54. The molecule has 2 heterocycles. The standard InChI is InChI=1S/C22H31N3O4/c1-6-23-13-18(22(27)25-9-7-24(8-10-25)15(2)3)16-11-20(28-4)21(29-5)12-17(16)19(23)14-26/h11-15,19H,6-10H2,1-5H3. The number of likely N-dealkylation sites (N-methyl/N-ethyl adjacent to an activating group) is 1. The summed E-state index contributed by atoms with van der Waals surface area (Å²) in [7, 11) is 3.13. The van der Waals surface area contributed by atoms with E-state index in [0.717, 1.165) is 30.5 Å². The topological polar surface area (TPSA) is 62.3 Å². The second-order valence-electron chi connectivity index (χ2n) is 7.67. The van der Waals surface area contributed by atoms with Crippen LogP contribution in [0, 0.1) is 0 Å². The van der Waals surface area contributed by atoms with E-state index in [1.807, 2.05) is 35.1 Å². The lowest BCUT2D eigenvalue weighted by molar-refractivity contribution is -0.127. The highest BCUT2D eigenvalue weighted by molar-refractivity contribution is 6.20. The molecule has 1 unspecified atom stereocenters. The number of carbonyl (C=O) groups excluding carboxylic acids is 2. The number of nitrogens with zero attached hydrogens (tertiary/aromatic N) is 3. The molecule has 0 N–H and O–H groups in total. The van der Waals surface area contributed by atoms with Crippen LogP contribution < -0.4 is 9.47 Å². The first kappa shape index (κ1) is 21.2. The van der Waals surface area contributed by atoms with Crippen molar-refractivity contribution in [3.63, 3.8) is 0 Å². The highest BCUT2D eigenvalue weighted by atomic mass is 16.5. The molecular weight excluding hydrogens is 370 g/mol.